The number of nitrogens with zero attached hydrogens (tertiary/aromatic N) is 2. The molecule has 0 bridgehead atoms. The molecular weight excluding hydrogens is 429 g/mol. The zero-order valence-corrected chi connectivity index (χ0v) is 19.2. The summed E-state index contributed by atoms with van der Waals surface area (Å²) >= 11 is 0. The molecule has 0 saturated heterocycles. The SMILES string of the molecule is CCC1=CC(N)=NC2(C[C@@](C)(Cc3ccccc3)Oc3ccc(-c4cccnc4F)cc32)C1=O. The van der Waals surface area contributed by atoms with E-state index in [0.717, 1.165) is 5.56 Å². The third kappa shape index (κ3) is 3.69. The van der Waals surface area contributed by atoms with Gasteiger partial charge in [-0.3, -0.25) is 4.79 Å². The summed E-state index contributed by atoms with van der Waals surface area (Å²) in [6, 6.07) is 18.8. The summed E-state index contributed by atoms with van der Waals surface area (Å²) in [6.45, 7) is 3.93. The molecule has 2 atom stereocenters. The summed E-state index contributed by atoms with van der Waals surface area (Å²) in [4.78, 5) is 22.5. The summed E-state index contributed by atoms with van der Waals surface area (Å²) in [5.41, 5.74) is 7.59. The number of carbonyl (C=O) groups excluding carboxylic acids is 1. The van der Waals surface area contributed by atoms with Crippen molar-refractivity contribution in [3.05, 3.63) is 95.6 Å². The number of aliphatic imine (C=N–C) groups is 1. The van der Waals surface area contributed by atoms with E-state index in [1.54, 1.807) is 36.4 Å². The van der Waals surface area contributed by atoms with E-state index in [4.69, 9.17) is 15.5 Å². The molecule has 1 aromatic heterocycles. The van der Waals surface area contributed by atoms with Crippen LogP contribution in [0.15, 0.2) is 83.5 Å². The number of fused-ring (bicyclic) bond motifs is 2. The maximum absolute atomic E-state index is 14.5. The van der Waals surface area contributed by atoms with Gasteiger partial charge in [0.05, 0.1) is 0 Å². The van der Waals surface area contributed by atoms with Crippen molar-refractivity contribution < 1.29 is 13.9 Å². The summed E-state index contributed by atoms with van der Waals surface area (Å²) in [5.74, 6) is 0.204. The van der Waals surface area contributed by atoms with E-state index in [2.05, 4.69) is 4.98 Å². The fourth-order valence-electron chi connectivity index (χ4n) is 5.15. The standard InChI is InChI=1S/C28H26FN3O2/c1-3-19-15-24(30)32-28(25(19)33)17-27(2,16-18-8-5-4-6-9-18)34-23-12-11-20(14-22(23)28)21-10-7-13-31-26(21)29/h4-15H,3,16-17H2,1-2H3,(H2,30,32)/t27-,28?/m1/s1. The highest BCUT2D eigenvalue weighted by Crippen LogP contribution is 2.51. The van der Waals surface area contributed by atoms with Gasteiger partial charge in [0, 0.05) is 35.7 Å². The number of nitrogens with two attached hydrogens (primary N) is 1. The quantitative estimate of drug-likeness (QED) is 0.553. The molecule has 5 nitrogen and oxygen atoms in total. The molecule has 0 saturated carbocycles. The summed E-state index contributed by atoms with van der Waals surface area (Å²) in [6.07, 6.45) is 4.52. The molecule has 34 heavy (non-hydrogen) atoms. The molecule has 1 unspecified atom stereocenters. The molecule has 5 rings (SSSR count). The van der Waals surface area contributed by atoms with Crippen molar-refractivity contribution >= 4 is 11.6 Å². The molecule has 6 heteroatoms. The Hall–Kier alpha value is -3.80. The van der Waals surface area contributed by atoms with Gasteiger partial charge in [-0.15, -0.1) is 0 Å². The smallest absolute Gasteiger partial charge is 0.220 e. The van der Waals surface area contributed by atoms with E-state index in [1.807, 2.05) is 44.2 Å². The monoisotopic (exact) mass is 455 g/mol. The molecule has 0 radical (unpaired) electrons. The van der Waals surface area contributed by atoms with Crippen LogP contribution >= 0.6 is 0 Å². The van der Waals surface area contributed by atoms with Crippen LogP contribution in [-0.4, -0.2) is 22.2 Å². The van der Waals surface area contributed by atoms with Crippen LogP contribution in [0.2, 0.25) is 0 Å². The second-order valence-corrected chi connectivity index (χ2v) is 9.19. The highest BCUT2D eigenvalue weighted by molar-refractivity contribution is 6.13. The van der Waals surface area contributed by atoms with Crippen LogP contribution in [0.4, 0.5) is 4.39 Å². The van der Waals surface area contributed by atoms with E-state index in [9.17, 15) is 9.18 Å². The average molecular weight is 456 g/mol. The maximum atomic E-state index is 14.5. The summed E-state index contributed by atoms with van der Waals surface area (Å²) < 4.78 is 21.0. The molecule has 2 aliphatic rings. The van der Waals surface area contributed by atoms with E-state index < -0.39 is 17.1 Å². The molecule has 172 valence electrons. The van der Waals surface area contributed by atoms with Crippen LogP contribution in [0.5, 0.6) is 5.75 Å². The van der Waals surface area contributed by atoms with E-state index >= 15 is 0 Å². The Morgan fingerprint density at radius 1 is 1.12 bits per heavy atom. The number of aromatic nitrogens is 1. The van der Waals surface area contributed by atoms with Crippen molar-refractivity contribution in [1.29, 1.82) is 0 Å². The molecule has 3 aromatic rings. The third-order valence-corrected chi connectivity index (χ3v) is 6.59. The predicted octanol–water partition coefficient (Wildman–Crippen LogP) is 5.14. The molecule has 2 aliphatic heterocycles. The Bertz CT molecular complexity index is 1330. The van der Waals surface area contributed by atoms with Crippen LogP contribution in [0, 0.1) is 5.95 Å². The Balaban J connectivity index is 1.69. The number of hydrogen-bond acceptors (Lipinski definition) is 5. The number of dihydropyridines is 1. The highest BCUT2D eigenvalue weighted by Gasteiger charge is 2.53. The van der Waals surface area contributed by atoms with Gasteiger partial charge in [-0.05, 0) is 54.8 Å². The predicted molar refractivity (Wildman–Crippen MR) is 130 cm³/mol. The van der Waals surface area contributed by atoms with Gasteiger partial charge in [-0.25, -0.2) is 9.98 Å². The van der Waals surface area contributed by atoms with Gasteiger partial charge in [-0.2, -0.15) is 4.39 Å². The first-order chi connectivity index (χ1) is 16.3. The van der Waals surface area contributed by atoms with E-state index in [1.165, 1.54) is 6.20 Å². The molecular formula is C28H26FN3O2. The minimum atomic E-state index is -1.24. The fraction of sp³-hybridized carbons (Fsp3) is 0.250. The number of rotatable bonds is 4. The van der Waals surface area contributed by atoms with Crippen molar-refractivity contribution in [3.63, 3.8) is 0 Å². The van der Waals surface area contributed by atoms with Crippen molar-refractivity contribution in [2.45, 2.75) is 44.2 Å². The minimum Gasteiger partial charge on any atom is -0.487 e. The van der Waals surface area contributed by atoms with E-state index in [-0.39, 0.29) is 5.78 Å². The number of benzene rings is 2. The largest absolute Gasteiger partial charge is 0.487 e. The van der Waals surface area contributed by atoms with Crippen LogP contribution in [0.25, 0.3) is 11.1 Å². The van der Waals surface area contributed by atoms with Gasteiger partial charge in [0.25, 0.3) is 0 Å². The van der Waals surface area contributed by atoms with Crippen molar-refractivity contribution in [2.75, 3.05) is 0 Å². The van der Waals surface area contributed by atoms with E-state index in [0.29, 0.717) is 53.1 Å². The van der Waals surface area contributed by atoms with Crippen LogP contribution in [-0.2, 0) is 16.8 Å². The van der Waals surface area contributed by atoms with Crippen molar-refractivity contribution in [2.24, 2.45) is 10.7 Å². The highest BCUT2D eigenvalue weighted by atomic mass is 19.1. The molecule has 2 aromatic carbocycles. The van der Waals surface area contributed by atoms with Crippen LogP contribution < -0.4 is 10.5 Å². The van der Waals surface area contributed by atoms with Crippen molar-refractivity contribution in [1.82, 2.24) is 4.98 Å². The number of ketones is 1. The Kier molecular flexibility index (Phi) is 5.31. The average Bonchev–Trinajstić information content (AvgIpc) is 2.82. The fourth-order valence-corrected chi connectivity index (χ4v) is 5.15. The molecule has 0 aliphatic carbocycles. The number of halogens is 1. The van der Waals surface area contributed by atoms with Gasteiger partial charge in [0.2, 0.25) is 5.95 Å². The number of hydrogen-bond donors (Lipinski definition) is 1. The maximum Gasteiger partial charge on any atom is 0.220 e. The molecule has 0 fully saturated rings. The number of Topliss-reactive ketones (excluding diaryl/α,β-unsaturated/α-hetero) is 1. The second-order valence-electron chi connectivity index (χ2n) is 9.19. The number of amidine groups is 1. The van der Waals surface area contributed by atoms with Crippen LogP contribution in [0.1, 0.15) is 37.8 Å². The van der Waals surface area contributed by atoms with Gasteiger partial charge < -0.3 is 10.5 Å². The minimum absolute atomic E-state index is 0.0863. The van der Waals surface area contributed by atoms with Gasteiger partial charge >= 0.3 is 0 Å². The lowest BCUT2D eigenvalue weighted by Gasteiger charge is -2.46. The number of pyridine rings is 1. The van der Waals surface area contributed by atoms with Crippen molar-refractivity contribution in [3.8, 4) is 16.9 Å². The van der Waals surface area contributed by atoms with Crippen LogP contribution in [0.3, 0.4) is 0 Å². The third-order valence-electron chi connectivity index (χ3n) is 6.59. The summed E-state index contributed by atoms with van der Waals surface area (Å²) in [5, 5.41) is 0. The second kappa shape index (κ2) is 8.20. The lowest BCUT2D eigenvalue weighted by molar-refractivity contribution is -0.124. The van der Waals surface area contributed by atoms with Gasteiger partial charge in [0.15, 0.2) is 11.3 Å². The zero-order chi connectivity index (χ0) is 23.9. The zero-order valence-electron chi connectivity index (χ0n) is 19.2. The number of carbonyl (C=O) groups is 1. The molecule has 3 heterocycles. The molecule has 1 spiro atoms. The first kappa shape index (κ1) is 22.0. The van der Waals surface area contributed by atoms with Gasteiger partial charge in [-0.1, -0.05) is 43.3 Å². The Morgan fingerprint density at radius 2 is 1.91 bits per heavy atom. The number of ether oxygens (including phenoxy) is 1. The summed E-state index contributed by atoms with van der Waals surface area (Å²) in [7, 11) is 0. The molecule has 2 N–H and O–H groups in total. The Labute approximate surface area is 198 Å². The normalized spacial score (nSPS) is 23.7. The lowest BCUT2D eigenvalue weighted by atomic mass is 9.70. The van der Waals surface area contributed by atoms with Gasteiger partial charge in [0.1, 0.15) is 17.2 Å². The first-order valence-electron chi connectivity index (χ1n) is 11.4. The topological polar surface area (TPSA) is 77.6 Å². The molecule has 0 amide bonds. The lowest BCUT2D eigenvalue weighted by Crippen LogP contribution is -2.52. The first-order valence-corrected chi connectivity index (χ1v) is 11.4. The Morgan fingerprint density at radius 3 is 2.65 bits per heavy atom.